The van der Waals surface area contributed by atoms with Gasteiger partial charge in [-0.15, -0.1) is 10.2 Å². The fraction of sp³-hybridized carbons (Fsp3) is 0.385. The predicted molar refractivity (Wildman–Crippen MR) is 65.4 cm³/mol. The first-order valence-electron chi connectivity index (χ1n) is 6.01. The summed E-state index contributed by atoms with van der Waals surface area (Å²) in [5.41, 5.74) is 0.590. The zero-order valence-corrected chi connectivity index (χ0v) is 10.3. The molecule has 0 saturated heterocycles. The number of halogens is 1. The third kappa shape index (κ3) is 2.56. The fourth-order valence-electron chi connectivity index (χ4n) is 1.91. The van der Waals surface area contributed by atoms with Crippen molar-refractivity contribution in [2.45, 2.75) is 32.9 Å². The third-order valence-corrected chi connectivity index (χ3v) is 2.80. The van der Waals surface area contributed by atoms with Crippen molar-refractivity contribution in [3.63, 3.8) is 0 Å². The van der Waals surface area contributed by atoms with Gasteiger partial charge in [0.15, 0.2) is 5.82 Å². The quantitative estimate of drug-likeness (QED) is 0.880. The molecule has 0 radical (unpaired) electrons. The van der Waals surface area contributed by atoms with Gasteiger partial charge in [-0.25, -0.2) is 4.39 Å². The van der Waals surface area contributed by atoms with Crippen LogP contribution in [0.25, 0.3) is 0 Å². The van der Waals surface area contributed by atoms with Gasteiger partial charge in [0.25, 0.3) is 0 Å². The maximum Gasteiger partial charge on any atom is 0.158 e. The minimum absolute atomic E-state index is 0.149. The molecule has 0 saturated carbocycles. The molecule has 2 aromatic rings. The highest BCUT2D eigenvalue weighted by Crippen LogP contribution is 2.13. The van der Waals surface area contributed by atoms with Crippen LogP contribution in [-0.2, 0) is 19.6 Å². The molecule has 1 N–H and O–H groups in total. The van der Waals surface area contributed by atoms with Gasteiger partial charge in [-0.1, -0.05) is 25.1 Å². The predicted octanol–water partition coefficient (Wildman–Crippen LogP) is 1.91. The Balaban J connectivity index is 2.29. The molecule has 0 spiro atoms. The van der Waals surface area contributed by atoms with Gasteiger partial charge in [0, 0.05) is 13.0 Å². The number of rotatable bonds is 5. The molecule has 0 aliphatic heterocycles. The van der Waals surface area contributed by atoms with Gasteiger partial charge in [0.1, 0.15) is 18.2 Å². The molecule has 0 atom stereocenters. The minimum atomic E-state index is -0.242. The van der Waals surface area contributed by atoms with Crippen molar-refractivity contribution in [3.8, 4) is 0 Å². The maximum absolute atomic E-state index is 13.6. The zero-order valence-electron chi connectivity index (χ0n) is 10.3. The average molecular weight is 249 g/mol. The molecule has 0 amide bonds. The number of aliphatic hydroxyl groups excluding tert-OH is 1. The summed E-state index contributed by atoms with van der Waals surface area (Å²) in [6.07, 6.45) is 1.30. The third-order valence-electron chi connectivity index (χ3n) is 2.80. The summed E-state index contributed by atoms with van der Waals surface area (Å²) >= 11 is 0. The van der Waals surface area contributed by atoms with Crippen LogP contribution in [0.2, 0.25) is 0 Å². The molecule has 4 nitrogen and oxygen atoms in total. The van der Waals surface area contributed by atoms with E-state index in [4.69, 9.17) is 0 Å². The lowest BCUT2D eigenvalue weighted by Crippen LogP contribution is -2.08. The Labute approximate surface area is 105 Å². The first-order valence-corrected chi connectivity index (χ1v) is 6.01. The number of benzene rings is 1. The van der Waals surface area contributed by atoms with E-state index >= 15 is 0 Å². The first kappa shape index (κ1) is 12.7. The minimum Gasteiger partial charge on any atom is -0.388 e. The van der Waals surface area contributed by atoms with Crippen molar-refractivity contribution in [3.05, 3.63) is 47.3 Å². The Morgan fingerprint density at radius 1 is 1.22 bits per heavy atom. The van der Waals surface area contributed by atoms with Crippen LogP contribution in [-0.4, -0.2) is 19.9 Å². The number of hydrogen-bond donors (Lipinski definition) is 1. The molecule has 1 heterocycles. The zero-order chi connectivity index (χ0) is 13.0. The van der Waals surface area contributed by atoms with Crippen LogP contribution in [0, 0.1) is 5.82 Å². The van der Waals surface area contributed by atoms with Gasteiger partial charge in [0.05, 0.1) is 0 Å². The fourth-order valence-corrected chi connectivity index (χ4v) is 1.91. The average Bonchev–Trinajstić information content (AvgIpc) is 2.75. The van der Waals surface area contributed by atoms with Crippen LogP contribution < -0.4 is 0 Å². The molecule has 0 aliphatic rings. The molecular weight excluding hydrogens is 233 g/mol. The summed E-state index contributed by atoms with van der Waals surface area (Å²) in [6.45, 7) is 2.62. The van der Waals surface area contributed by atoms with E-state index in [9.17, 15) is 9.50 Å². The normalized spacial score (nSPS) is 10.8. The Kier molecular flexibility index (Phi) is 4.04. The summed E-state index contributed by atoms with van der Waals surface area (Å²) in [5, 5.41) is 17.1. The molecular formula is C13H16FN3O. The van der Waals surface area contributed by atoms with E-state index in [2.05, 4.69) is 10.2 Å². The molecule has 18 heavy (non-hydrogen) atoms. The lowest BCUT2D eigenvalue weighted by atomic mass is 10.1. The van der Waals surface area contributed by atoms with Gasteiger partial charge >= 0.3 is 0 Å². The van der Waals surface area contributed by atoms with Crippen molar-refractivity contribution in [1.82, 2.24) is 14.8 Å². The number of aromatic nitrogens is 3. The Hall–Kier alpha value is -1.75. The van der Waals surface area contributed by atoms with Crippen LogP contribution in [0.1, 0.15) is 30.6 Å². The SMILES string of the molecule is CCCn1c(CO)nnc1Cc1ccccc1F. The van der Waals surface area contributed by atoms with Crippen LogP contribution in [0.3, 0.4) is 0 Å². The monoisotopic (exact) mass is 249 g/mol. The largest absolute Gasteiger partial charge is 0.388 e. The van der Waals surface area contributed by atoms with Crippen molar-refractivity contribution < 1.29 is 9.50 Å². The van der Waals surface area contributed by atoms with Crippen molar-refractivity contribution in [1.29, 1.82) is 0 Å². The smallest absolute Gasteiger partial charge is 0.158 e. The molecule has 0 fully saturated rings. The molecule has 0 unspecified atom stereocenters. The maximum atomic E-state index is 13.6. The summed E-state index contributed by atoms with van der Waals surface area (Å²) < 4.78 is 15.4. The van der Waals surface area contributed by atoms with Gasteiger partial charge in [0.2, 0.25) is 0 Å². The van der Waals surface area contributed by atoms with Gasteiger partial charge in [-0.3, -0.25) is 0 Å². The Bertz CT molecular complexity index is 525. The topological polar surface area (TPSA) is 50.9 Å². The molecule has 0 aliphatic carbocycles. The van der Waals surface area contributed by atoms with E-state index in [0.29, 0.717) is 23.6 Å². The first-order chi connectivity index (χ1) is 8.76. The van der Waals surface area contributed by atoms with E-state index in [0.717, 1.165) is 13.0 Å². The Morgan fingerprint density at radius 2 is 1.94 bits per heavy atom. The van der Waals surface area contributed by atoms with Crippen LogP contribution in [0.4, 0.5) is 4.39 Å². The van der Waals surface area contributed by atoms with Crippen molar-refractivity contribution in [2.24, 2.45) is 0 Å². The van der Waals surface area contributed by atoms with Gasteiger partial charge < -0.3 is 9.67 Å². The molecule has 1 aromatic carbocycles. The molecule has 5 heteroatoms. The van der Waals surface area contributed by atoms with Crippen molar-refractivity contribution in [2.75, 3.05) is 0 Å². The highest BCUT2D eigenvalue weighted by Gasteiger charge is 2.12. The lowest BCUT2D eigenvalue weighted by Gasteiger charge is -2.08. The van der Waals surface area contributed by atoms with Crippen LogP contribution in [0.5, 0.6) is 0 Å². The number of aliphatic hydroxyl groups is 1. The van der Waals surface area contributed by atoms with E-state index in [1.165, 1.54) is 6.07 Å². The van der Waals surface area contributed by atoms with Crippen LogP contribution in [0.15, 0.2) is 24.3 Å². The van der Waals surface area contributed by atoms with Gasteiger partial charge in [-0.05, 0) is 18.1 Å². The second-order valence-corrected chi connectivity index (χ2v) is 4.11. The van der Waals surface area contributed by atoms with Gasteiger partial charge in [-0.2, -0.15) is 0 Å². The lowest BCUT2D eigenvalue weighted by molar-refractivity contribution is 0.264. The summed E-state index contributed by atoms with van der Waals surface area (Å²) in [6, 6.07) is 6.63. The standard InChI is InChI=1S/C13H16FN3O/c1-2-7-17-12(15-16-13(17)9-18)8-10-5-3-4-6-11(10)14/h3-6,18H,2,7-9H2,1H3. The van der Waals surface area contributed by atoms with Crippen molar-refractivity contribution >= 4 is 0 Å². The molecule has 96 valence electrons. The molecule has 2 rings (SSSR count). The van der Waals surface area contributed by atoms with E-state index in [1.54, 1.807) is 18.2 Å². The number of hydrogen-bond acceptors (Lipinski definition) is 3. The number of nitrogens with zero attached hydrogens (tertiary/aromatic N) is 3. The summed E-state index contributed by atoms with van der Waals surface area (Å²) in [4.78, 5) is 0. The Morgan fingerprint density at radius 3 is 2.61 bits per heavy atom. The van der Waals surface area contributed by atoms with E-state index < -0.39 is 0 Å². The van der Waals surface area contributed by atoms with E-state index in [1.807, 2.05) is 11.5 Å². The van der Waals surface area contributed by atoms with E-state index in [-0.39, 0.29) is 12.4 Å². The highest BCUT2D eigenvalue weighted by atomic mass is 19.1. The summed E-state index contributed by atoms with van der Waals surface area (Å²) in [7, 11) is 0. The van der Waals surface area contributed by atoms with Crippen LogP contribution >= 0.6 is 0 Å². The second kappa shape index (κ2) is 5.73. The summed E-state index contributed by atoms with van der Waals surface area (Å²) in [5.74, 6) is 0.975. The highest BCUT2D eigenvalue weighted by molar-refractivity contribution is 5.21. The molecule has 0 bridgehead atoms. The molecule has 1 aromatic heterocycles. The second-order valence-electron chi connectivity index (χ2n) is 4.11.